The highest BCUT2D eigenvalue weighted by atomic mass is 32.2. The Balaban J connectivity index is 1.68. The molecule has 0 bridgehead atoms. The van der Waals surface area contributed by atoms with Crippen LogP contribution in [0.2, 0.25) is 0 Å². The molecule has 0 saturated heterocycles. The minimum Gasteiger partial charge on any atom is -0.476 e. The zero-order valence-corrected chi connectivity index (χ0v) is 24.0. The number of hydrogen-bond acceptors (Lipinski definition) is 6. The van der Waals surface area contributed by atoms with Gasteiger partial charge in [0.05, 0.1) is 23.1 Å². The van der Waals surface area contributed by atoms with Gasteiger partial charge >= 0.3 is 17.8 Å². The van der Waals surface area contributed by atoms with Crippen molar-refractivity contribution in [3.05, 3.63) is 106 Å². The van der Waals surface area contributed by atoms with E-state index < -0.39 is 34.2 Å². The highest BCUT2D eigenvalue weighted by Gasteiger charge is 2.33. The Morgan fingerprint density at radius 1 is 1.02 bits per heavy atom. The molecule has 0 N–H and O–H groups in total. The summed E-state index contributed by atoms with van der Waals surface area (Å²) in [6.45, 7) is 7.14. The monoisotopic (exact) mass is 585 g/mol. The van der Waals surface area contributed by atoms with Crippen LogP contribution in [-0.4, -0.2) is 32.5 Å². The third-order valence-corrected chi connectivity index (χ3v) is 7.57. The maximum atomic E-state index is 13.2. The summed E-state index contributed by atoms with van der Waals surface area (Å²) in [4.78, 5) is 26.3. The Hall–Kier alpha value is -3.99. The summed E-state index contributed by atoms with van der Waals surface area (Å²) in [5, 5.41) is 4.13. The van der Waals surface area contributed by atoms with Crippen molar-refractivity contribution in [1.82, 2.24) is 14.3 Å². The van der Waals surface area contributed by atoms with Crippen molar-refractivity contribution in [2.75, 3.05) is 6.61 Å². The van der Waals surface area contributed by atoms with E-state index in [1.807, 2.05) is 49.4 Å². The number of halogens is 3. The van der Waals surface area contributed by atoms with Gasteiger partial charge in [-0.3, -0.25) is 4.57 Å². The van der Waals surface area contributed by atoms with Gasteiger partial charge in [0.25, 0.3) is 0 Å². The van der Waals surface area contributed by atoms with E-state index in [1.165, 1.54) is 28.5 Å². The number of aryl methyl sites for hydroxylation is 1. The van der Waals surface area contributed by atoms with Gasteiger partial charge in [-0.05, 0) is 81.3 Å². The fraction of sp³-hybridized carbons (Fsp3) is 0.300. The lowest BCUT2D eigenvalue weighted by atomic mass is 10.1. The van der Waals surface area contributed by atoms with Crippen molar-refractivity contribution < 1.29 is 27.4 Å². The van der Waals surface area contributed by atoms with E-state index in [0.29, 0.717) is 11.6 Å². The lowest BCUT2D eigenvalue weighted by Gasteiger charge is -2.25. The van der Waals surface area contributed by atoms with E-state index in [4.69, 9.17) is 9.47 Å². The van der Waals surface area contributed by atoms with E-state index in [1.54, 1.807) is 33.9 Å². The third-order valence-electron chi connectivity index (χ3n) is 6.32. The highest BCUT2D eigenvalue weighted by Crippen LogP contribution is 2.41. The molecule has 4 rings (SSSR count). The molecule has 1 atom stereocenters. The Morgan fingerprint density at radius 2 is 1.68 bits per heavy atom. The van der Waals surface area contributed by atoms with Gasteiger partial charge in [0, 0.05) is 11.9 Å². The number of rotatable bonds is 9. The molecule has 0 saturated carbocycles. The normalized spacial score (nSPS) is 12.7. The van der Waals surface area contributed by atoms with Crippen molar-refractivity contribution in [2.45, 2.75) is 49.6 Å². The van der Waals surface area contributed by atoms with Crippen molar-refractivity contribution in [3.63, 3.8) is 0 Å². The Morgan fingerprint density at radius 3 is 2.27 bits per heavy atom. The summed E-state index contributed by atoms with van der Waals surface area (Å²) in [6.07, 6.45) is -4.49. The number of nitrogens with zero attached hydrogens (tertiary/aromatic N) is 3. The largest absolute Gasteiger partial charge is 0.476 e. The van der Waals surface area contributed by atoms with E-state index >= 15 is 0 Å². The molecule has 41 heavy (non-hydrogen) atoms. The van der Waals surface area contributed by atoms with Crippen LogP contribution in [0.25, 0.3) is 5.69 Å². The van der Waals surface area contributed by atoms with Gasteiger partial charge in [-0.2, -0.15) is 17.9 Å². The molecule has 0 aliphatic carbocycles. The van der Waals surface area contributed by atoms with Gasteiger partial charge in [-0.1, -0.05) is 30.3 Å². The van der Waals surface area contributed by atoms with Gasteiger partial charge in [-0.25, -0.2) is 9.59 Å². The van der Waals surface area contributed by atoms with Crippen LogP contribution >= 0.6 is 11.8 Å². The number of ether oxygens (including phenoxy) is 2. The van der Waals surface area contributed by atoms with E-state index in [9.17, 15) is 22.8 Å². The number of alkyl halides is 3. The van der Waals surface area contributed by atoms with E-state index in [0.717, 1.165) is 32.8 Å². The molecule has 1 heterocycles. The summed E-state index contributed by atoms with van der Waals surface area (Å²) in [5.41, 5.74) is -0.567. The van der Waals surface area contributed by atoms with Gasteiger partial charge < -0.3 is 9.47 Å². The molecule has 11 heteroatoms. The zero-order chi connectivity index (χ0) is 29.9. The Labute approximate surface area is 239 Å². The van der Waals surface area contributed by atoms with Crippen molar-refractivity contribution >= 4 is 17.7 Å². The Kier molecular flexibility index (Phi) is 8.67. The van der Waals surface area contributed by atoms with Crippen LogP contribution in [0.5, 0.6) is 5.75 Å². The molecule has 1 aromatic heterocycles. The first-order valence-electron chi connectivity index (χ1n) is 12.8. The summed E-state index contributed by atoms with van der Waals surface area (Å²) < 4.78 is 52.7. The van der Waals surface area contributed by atoms with Gasteiger partial charge in [0.2, 0.25) is 0 Å². The molecule has 0 spiro atoms. The first-order valence-corrected chi connectivity index (χ1v) is 13.7. The van der Waals surface area contributed by atoms with Crippen LogP contribution in [0.3, 0.4) is 0 Å². The first-order chi connectivity index (χ1) is 19.3. The molecule has 0 aliphatic rings. The molecular formula is C30H30F3N3O4S. The molecule has 0 fully saturated rings. The number of carbonyl (C=O) groups is 1. The number of hydrogen-bond donors (Lipinski definition) is 0. The quantitative estimate of drug-likeness (QED) is 0.165. The SMILES string of the molecule is CCOC(=O)C(C)(C)Oc1ccc(SC(c2ccccc2)c2nn(-c3ccc(C(F)(F)F)cc3)c(=O)n2C)cc1C. The maximum Gasteiger partial charge on any atom is 0.416 e. The summed E-state index contributed by atoms with van der Waals surface area (Å²) in [6, 6.07) is 19.4. The minimum absolute atomic E-state index is 0.225. The molecule has 0 amide bonds. The van der Waals surface area contributed by atoms with E-state index in [-0.39, 0.29) is 12.3 Å². The van der Waals surface area contributed by atoms with Crippen LogP contribution in [0.4, 0.5) is 13.2 Å². The van der Waals surface area contributed by atoms with Gasteiger partial charge in [0.1, 0.15) is 5.75 Å². The lowest BCUT2D eigenvalue weighted by Crippen LogP contribution is -2.39. The highest BCUT2D eigenvalue weighted by molar-refractivity contribution is 7.99. The van der Waals surface area contributed by atoms with Crippen molar-refractivity contribution in [3.8, 4) is 11.4 Å². The maximum absolute atomic E-state index is 13.2. The standard InChI is InChI=1S/C30H30F3N3O4S/c1-6-39-27(37)29(3,4)40-24-17-16-23(18-19(24)2)41-25(20-10-8-7-9-11-20)26-34-36(28(38)35(26)5)22-14-12-21(13-15-22)30(31,32)33/h7-18,25H,6H2,1-5H3. The molecule has 0 aliphatic heterocycles. The molecule has 0 radical (unpaired) electrons. The second kappa shape index (κ2) is 11.9. The average Bonchev–Trinajstić information content (AvgIpc) is 3.22. The summed E-state index contributed by atoms with van der Waals surface area (Å²) >= 11 is 1.46. The second-order valence-electron chi connectivity index (χ2n) is 9.82. The minimum atomic E-state index is -4.49. The first kappa shape index (κ1) is 30.0. The number of thioether (sulfide) groups is 1. The van der Waals surface area contributed by atoms with Crippen LogP contribution < -0.4 is 10.4 Å². The van der Waals surface area contributed by atoms with E-state index in [2.05, 4.69) is 5.10 Å². The zero-order valence-electron chi connectivity index (χ0n) is 23.2. The fourth-order valence-electron chi connectivity index (χ4n) is 4.11. The van der Waals surface area contributed by atoms with Crippen LogP contribution in [0, 0.1) is 6.92 Å². The molecular weight excluding hydrogens is 555 g/mol. The van der Waals surface area contributed by atoms with Gasteiger partial charge in [-0.15, -0.1) is 16.9 Å². The predicted octanol–water partition coefficient (Wildman–Crippen LogP) is 6.50. The third kappa shape index (κ3) is 6.67. The predicted molar refractivity (Wildman–Crippen MR) is 150 cm³/mol. The Bertz CT molecular complexity index is 1580. The van der Waals surface area contributed by atoms with Crippen molar-refractivity contribution in [2.24, 2.45) is 7.05 Å². The lowest BCUT2D eigenvalue weighted by molar-refractivity contribution is -0.158. The smallest absolute Gasteiger partial charge is 0.416 e. The molecule has 7 nitrogen and oxygen atoms in total. The molecule has 4 aromatic rings. The fourth-order valence-corrected chi connectivity index (χ4v) is 5.37. The topological polar surface area (TPSA) is 75.3 Å². The van der Waals surface area contributed by atoms with Crippen LogP contribution in [0.15, 0.2) is 82.5 Å². The molecule has 216 valence electrons. The number of esters is 1. The average molecular weight is 586 g/mol. The van der Waals surface area contributed by atoms with Crippen molar-refractivity contribution in [1.29, 1.82) is 0 Å². The number of aromatic nitrogens is 3. The summed E-state index contributed by atoms with van der Waals surface area (Å²) in [7, 11) is 1.58. The van der Waals surface area contributed by atoms with Gasteiger partial charge in [0.15, 0.2) is 11.4 Å². The second-order valence-corrected chi connectivity index (χ2v) is 11.0. The molecule has 3 aromatic carbocycles. The number of carbonyl (C=O) groups excluding carboxylic acids is 1. The van der Waals surface area contributed by atoms with Crippen LogP contribution in [0.1, 0.15) is 48.5 Å². The number of benzene rings is 3. The molecule has 1 unspecified atom stereocenters. The summed E-state index contributed by atoms with van der Waals surface area (Å²) in [5.74, 6) is 0.488. The van der Waals surface area contributed by atoms with Crippen LogP contribution in [-0.2, 0) is 22.8 Å².